The van der Waals surface area contributed by atoms with Gasteiger partial charge in [-0.15, -0.1) is 24.8 Å². The molecule has 0 saturated heterocycles. The van der Waals surface area contributed by atoms with Gasteiger partial charge in [0.15, 0.2) is 0 Å². The Morgan fingerprint density at radius 3 is 2.60 bits per heavy atom. The van der Waals surface area contributed by atoms with Crippen molar-refractivity contribution in [3.8, 4) is 0 Å². The van der Waals surface area contributed by atoms with Crippen LogP contribution in [0.5, 0.6) is 0 Å². The van der Waals surface area contributed by atoms with Gasteiger partial charge in [0, 0.05) is 6.20 Å². The van der Waals surface area contributed by atoms with Crippen molar-refractivity contribution < 1.29 is 0 Å². The second kappa shape index (κ2) is 6.86. The molecule has 60 valence electrons. The molecule has 0 spiro atoms. The molecule has 3 nitrogen and oxygen atoms in total. The van der Waals surface area contributed by atoms with E-state index in [1.807, 2.05) is 6.20 Å². The monoisotopic (exact) mass is 183 g/mol. The van der Waals surface area contributed by atoms with Crippen LogP contribution in [0.15, 0.2) is 12.4 Å². The molecule has 1 aromatic heterocycles. The Kier molecular flexibility index (Phi) is 8.53. The zero-order chi connectivity index (χ0) is 5.82. The van der Waals surface area contributed by atoms with Crippen molar-refractivity contribution in [1.29, 1.82) is 0 Å². The molecule has 1 heterocycles. The fraction of sp³-hybridized carbons (Fsp3) is 0.400. The first kappa shape index (κ1) is 12.4. The molecule has 1 aromatic rings. The maximum Gasteiger partial charge on any atom is 0.0519 e. The van der Waals surface area contributed by atoms with Crippen LogP contribution in [0.25, 0.3) is 0 Å². The van der Waals surface area contributed by atoms with Gasteiger partial charge in [-0.05, 0) is 18.5 Å². The topological polar surface area (TPSA) is 54.7 Å². The van der Waals surface area contributed by atoms with E-state index >= 15 is 0 Å². The SMILES string of the molecule is Cl.Cl.NCCc1cn[nH]c1. The van der Waals surface area contributed by atoms with Crippen LogP contribution in [0.1, 0.15) is 5.56 Å². The lowest BCUT2D eigenvalue weighted by Gasteiger charge is -1.85. The number of hydrogen-bond acceptors (Lipinski definition) is 2. The molecule has 0 radical (unpaired) electrons. The zero-order valence-electron chi connectivity index (χ0n) is 5.41. The lowest BCUT2D eigenvalue weighted by atomic mass is 10.3. The molecule has 0 aromatic carbocycles. The molecule has 0 saturated carbocycles. The molecule has 0 aliphatic heterocycles. The quantitative estimate of drug-likeness (QED) is 0.712. The van der Waals surface area contributed by atoms with Gasteiger partial charge in [0.2, 0.25) is 0 Å². The number of H-pyrrole nitrogens is 1. The summed E-state index contributed by atoms with van der Waals surface area (Å²) >= 11 is 0. The molecule has 1 rings (SSSR count). The van der Waals surface area contributed by atoms with Crippen LogP contribution < -0.4 is 5.73 Å². The highest BCUT2D eigenvalue weighted by atomic mass is 35.5. The third kappa shape index (κ3) is 3.71. The molecule has 0 aliphatic rings. The number of hydrogen-bond donors (Lipinski definition) is 2. The third-order valence-corrected chi connectivity index (χ3v) is 0.988. The van der Waals surface area contributed by atoms with Crippen molar-refractivity contribution in [3.05, 3.63) is 18.0 Å². The Morgan fingerprint density at radius 2 is 2.20 bits per heavy atom. The maximum absolute atomic E-state index is 5.28. The molecule has 3 N–H and O–H groups in total. The first-order chi connectivity index (χ1) is 3.93. The smallest absolute Gasteiger partial charge is 0.0519 e. The summed E-state index contributed by atoms with van der Waals surface area (Å²) in [6, 6.07) is 0. The number of halogens is 2. The van der Waals surface area contributed by atoms with Crippen LogP contribution in [0.4, 0.5) is 0 Å². The van der Waals surface area contributed by atoms with Gasteiger partial charge >= 0.3 is 0 Å². The second-order valence-electron chi connectivity index (χ2n) is 1.65. The molecule has 0 aliphatic carbocycles. The van der Waals surface area contributed by atoms with Crippen LogP contribution in [-0.4, -0.2) is 16.7 Å². The molecule has 0 bridgehead atoms. The standard InChI is InChI=1S/C5H9N3.2ClH/c6-2-1-5-3-7-8-4-5;;/h3-4H,1-2,6H2,(H,7,8);2*1H. The number of nitrogens with one attached hydrogen (secondary N) is 1. The largest absolute Gasteiger partial charge is 0.330 e. The summed E-state index contributed by atoms with van der Waals surface area (Å²) in [4.78, 5) is 0. The Hall–Kier alpha value is -0.250. The summed E-state index contributed by atoms with van der Waals surface area (Å²) in [6.07, 6.45) is 4.55. The van der Waals surface area contributed by atoms with E-state index < -0.39 is 0 Å². The summed E-state index contributed by atoms with van der Waals surface area (Å²) in [5.41, 5.74) is 6.45. The van der Waals surface area contributed by atoms with Gasteiger partial charge in [-0.1, -0.05) is 0 Å². The van der Waals surface area contributed by atoms with E-state index in [9.17, 15) is 0 Å². The molecule has 10 heavy (non-hydrogen) atoms. The minimum atomic E-state index is 0. The van der Waals surface area contributed by atoms with Crippen molar-refractivity contribution in [3.63, 3.8) is 0 Å². The van der Waals surface area contributed by atoms with Gasteiger partial charge in [-0.2, -0.15) is 5.10 Å². The molecule has 5 heteroatoms. The minimum Gasteiger partial charge on any atom is -0.330 e. The lowest BCUT2D eigenvalue weighted by molar-refractivity contribution is 0.970. The minimum absolute atomic E-state index is 0. The first-order valence-corrected chi connectivity index (χ1v) is 2.61. The van der Waals surface area contributed by atoms with E-state index in [0.717, 1.165) is 6.42 Å². The molecule has 0 fully saturated rings. The Morgan fingerprint density at radius 1 is 1.50 bits per heavy atom. The number of nitrogens with zero attached hydrogens (tertiary/aromatic N) is 1. The van der Waals surface area contributed by atoms with Crippen molar-refractivity contribution in [1.82, 2.24) is 10.2 Å². The predicted octanol–water partition coefficient (Wildman–Crippen LogP) is 0.755. The van der Waals surface area contributed by atoms with Gasteiger partial charge in [0.1, 0.15) is 0 Å². The molecule has 0 amide bonds. The van der Waals surface area contributed by atoms with Crippen molar-refractivity contribution in [2.24, 2.45) is 5.73 Å². The highest BCUT2D eigenvalue weighted by Crippen LogP contribution is 1.91. The van der Waals surface area contributed by atoms with E-state index in [1.54, 1.807) is 6.20 Å². The molecular formula is C5H11Cl2N3. The van der Waals surface area contributed by atoms with E-state index in [-0.39, 0.29) is 24.8 Å². The third-order valence-electron chi connectivity index (χ3n) is 0.988. The highest BCUT2D eigenvalue weighted by molar-refractivity contribution is 5.85. The van der Waals surface area contributed by atoms with Gasteiger partial charge in [-0.3, -0.25) is 5.10 Å². The van der Waals surface area contributed by atoms with Gasteiger partial charge in [0.25, 0.3) is 0 Å². The first-order valence-electron chi connectivity index (χ1n) is 2.61. The normalized spacial score (nSPS) is 7.70. The summed E-state index contributed by atoms with van der Waals surface area (Å²) in [6.45, 7) is 0.694. The van der Waals surface area contributed by atoms with Crippen LogP contribution in [-0.2, 0) is 6.42 Å². The fourth-order valence-corrected chi connectivity index (χ4v) is 0.581. The van der Waals surface area contributed by atoms with Crippen molar-refractivity contribution >= 4 is 24.8 Å². The maximum atomic E-state index is 5.28. The van der Waals surface area contributed by atoms with Crippen LogP contribution >= 0.6 is 24.8 Å². The Bertz CT molecular complexity index is 141. The average molecular weight is 184 g/mol. The van der Waals surface area contributed by atoms with Gasteiger partial charge in [0.05, 0.1) is 6.20 Å². The summed E-state index contributed by atoms with van der Waals surface area (Å²) in [7, 11) is 0. The predicted molar refractivity (Wildman–Crippen MR) is 45.8 cm³/mol. The van der Waals surface area contributed by atoms with Gasteiger partial charge in [-0.25, -0.2) is 0 Å². The van der Waals surface area contributed by atoms with Crippen molar-refractivity contribution in [2.75, 3.05) is 6.54 Å². The van der Waals surface area contributed by atoms with Crippen molar-refractivity contribution in [2.45, 2.75) is 6.42 Å². The van der Waals surface area contributed by atoms with Gasteiger partial charge < -0.3 is 5.73 Å². The number of rotatable bonds is 2. The number of aromatic nitrogens is 2. The molecular weight excluding hydrogens is 173 g/mol. The van der Waals surface area contributed by atoms with Crippen LogP contribution in [0.3, 0.4) is 0 Å². The van der Waals surface area contributed by atoms with E-state index in [1.165, 1.54) is 5.56 Å². The Labute approximate surface area is 72.2 Å². The van der Waals surface area contributed by atoms with Crippen LogP contribution in [0, 0.1) is 0 Å². The molecule has 0 unspecified atom stereocenters. The number of aromatic amines is 1. The van der Waals surface area contributed by atoms with E-state index in [0.29, 0.717) is 6.54 Å². The number of nitrogens with two attached hydrogens (primary N) is 1. The highest BCUT2D eigenvalue weighted by Gasteiger charge is 1.87. The Balaban J connectivity index is 0. The second-order valence-corrected chi connectivity index (χ2v) is 1.65. The zero-order valence-corrected chi connectivity index (χ0v) is 7.04. The fourth-order valence-electron chi connectivity index (χ4n) is 0.581. The lowest BCUT2D eigenvalue weighted by Crippen LogP contribution is -2.01. The molecule has 0 atom stereocenters. The average Bonchev–Trinajstić information content (AvgIpc) is 2.19. The van der Waals surface area contributed by atoms with E-state index in [4.69, 9.17) is 5.73 Å². The van der Waals surface area contributed by atoms with E-state index in [2.05, 4.69) is 10.2 Å². The summed E-state index contributed by atoms with van der Waals surface area (Å²) in [5.74, 6) is 0. The van der Waals surface area contributed by atoms with Crippen LogP contribution in [0.2, 0.25) is 0 Å². The summed E-state index contributed by atoms with van der Waals surface area (Å²) in [5, 5.41) is 6.47. The summed E-state index contributed by atoms with van der Waals surface area (Å²) < 4.78 is 0.